The Balaban J connectivity index is 1.52. The maximum atomic E-state index is 13.0. The summed E-state index contributed by atoms with van der Waals surface area (Å²) < 4.78 is 0. The maximum absolute atomic E-state index is 13.0. The monoisotopic (exact) mass is 420 g/mol. The molecule has 158 valence electrons. The van der Waals surface area contributed by atoms with Crippen molar-refractivity contribution in [2.45, 2.75) is 19.4 Å². The summed E-state index contributed by atoms with van der Waals surface area (Å²) in [4.78, 5) is 15.5. The Hall–Kier alpha value is -3.88. The van der Waals surface area contributed by atoms with Gasteiger partial charge in [-0.15, -0.1) is 0 Å². The minimum atomic E-state index is -0.174. The number of nitrogens with zero attached hydrogens (tertiary/aromatic N) is 2. The summed E-state index contributed by atoms with van der Waals surface area (Å²) in [7, 11) is 0. The van der Waals surface area contributed by atoms with Gasteiger partial charge in [0.15, 0.2) is 0 Å². The van der Waals surface area contributed by atoms with Crippen LogP contribution in [0.2, 0.25) is 0 Å². The van der Waals surface area contributed by atoms with Gasteiger partial charge in [-0.05, 0) is 67.4 Å². The molecule has 2 aliphatic heterocycles. The zero-order valence-corrected chi connectivity index (χ0v) is 17.8. The first-order valence-electron chi connectivity index (χ1n) is 11.0. The van der Waals surface area contributed by atoms with E-state index in [2.05, 4.69) is 45.9 Å². The molecule has 0 atom stereocenters. The quantitative estimate of drug-likeness (QED) is 0.565. The third-order valence-corrected chi connectivity index (χ3v) is 6.03. The Kier molecular flexibility index (Phi) is 5.45. The molecule has 5 heteroatoms. The summed E-state index contributed by atoms with van der Waals surface area (Å²) in [5.74, 6) is -0.174. The second-order valence-corrected chi connectivity index (χ2v) is 8.25. The van der Waals surface area contributed by atoms with E-state index in [0.717, 1.165) is 34.7 Å². The number of hydrogen-bond acceptors (Lipinski definition) is 4. The van der Waals surface area contributed by atoms with Crippen LogP contribution >= 0.6 is 0 Å². The van der Waals surface area contributed by atoms with E-state index in [1.54, 1.807) is 18.2 Å². The SMILES string of the molecule is N#Cc1ccc2c(c1)C(=C(Nc1ccc(CN3CCCC3)cc1)c1ccccc1)C(=O)N2. The molecule has 0 spiro atoms. The molecular weight excluding hydrogens is 396 g/mol. The minimum absolute atomic E-state index is 0.174. The molecule has 0 bridgehead atoms. The summed E-state index contributed by atoms with van der Waals surface area (Å²) in [5, 5.41) is 15.8. The van der Waals surface area contributed by atoms with Crippen molar-refractivity contribution in [3.05, 3.63) is 95.1 Å². The second kappa shape index (κ2) is 8.70. The average molecular weight is 421 g/mol. The smallest absolute Gasteiger partial charge is 0.258 e. The van der Waals surface area contributed by atoms with E-state index in [9.17, 15) is 10.1 Å². The van der Waals surface area contributed by atoms with Crippen LogP contribution in [0.25, 0.3) is 11.3 Å². The van der Waals surface area contributed by atoms with Gasteiger partial charge in [0, 0.05) is 23.5 Å². The van der Waals surface area contributed by atoms with Gasteiger partial charge in [-0.3, -0.25) is 9.69 Å². The Labute approximate surface area is 188 Å². The number of fused-ring (bicyclic) bond motifs is 1. The molecule has 1 fully saturated rings. The van der Waals surface area contributed by atoms with Gasteiger partial charge in [0.25, 0.3) is 5.91 Å². The number of amides is 1. The van der Waals surface area contributed by atoms with Crippen LogP contribution in [0, 0.1) is 11.3 Å². The fraction of sp³-hybridized carbons (Fsp3) is 0.185. The van der Waals surface area contributed by atoms with E-state index >= 15 is 0 Å². The molecule has 1 amide bonds. The predicted octanol–water partition coefficient (Wildman–Crippen LogP) is 5.09. The van der Waals surface area contributed by atoms with Gasteiger partial charge >= 0.3 is 0 Å². The molecule has 0 unspecified atom stereocenters. The van der Waals surface area contributed by atoms with Crippen molar-refractivity contribution in [3.63, 3.8) is 0 Å². The largest absolute Gasteiger partial charge is 0.354 e. The van der Waals surface area contributed by atoms with Gasteiger partial charge in [0.2, 0.25) is 0 Å². The predicted molar refractivity (Wildman–Crippen MR) is 128 cm³/mol. The Morgan fingerprint density at radius 1 is 1.00 bits per heavy atom. The van der Waals surface area contributed by atoms with Crippen LogP contribution in [0.5, 0.6) is 0 Å². The van der Waals surface area contributed by atoms with Crippen LogP contribution in [-0.4, -0.2) is 23.9 Å². The molecule has 5 rings (SSSR count). The van der Waals surface area contributed by atoms with E-state index in [1.807, 2.05) is 30.3 Å². The first-order valence-corrected chi connectivity index (χ1v) is 11.0. The second-order valence-electron chi connectivity index (χ2n) is 8.25. The molecule has 32 heavy (non-hydrogen) atoms. The van der Waals surface area contributed by atoms with Crippen molar-refractivity contribution in [2.24, 2.45) is 0 Å². The topological polar surface area (TPSA) is 68.2 Å². The molecule has 2 aliphatic rings. The lowest BCUT2D eigenvalue weighted by molar-refractivity contribution is -0.110. The van der Waals surface area contributed by atoms with Crippen LogP contribution in [0.3, 0.4) is 0 Å². The Bertz CT molecular complexity index is 1220. The summed E-state index contributed by atoms with van der Waals surface area (Å²) in [6.45, 7) is 3.31. The first kappa shape index (κ1) is 20.0. The fourth-order valence-electron chi connectivity index (χ4n) is 4.41. The van der Waals surface area contributed by atoms with Gasteiger partial charge in [-0.1, -0.05) is 42.5 Å². The minimum Gasteiger partial charge on any atom is -0.354 e. The van der Waals surface area contributed by atoms with Crippen LogP contribution < -0.4 is 10.6 Å². The van der Waals surface area contributed by atoms with Gasteiger partial charge in [-0.25, -0.2) is 0 Å². The van der Waals surface area contributed by atoms with Crippen molar-refractivity contribution >= 4 is 28.6 Å². The van der Waals surface area contributed by atoms with Crippen LogP contribution in [0.4, 0.5) is 11.4 Å². The van der Waals surface area contributed by atoms with Gasteiger partial charge in [0.1, 0.15) is 0 Å². The number of nitriles is 1. The lowest BCUT2D eigenvalue weighted by Crippen LogP contribution is -2.18. The fourth-order valence-corrected chi connectivity index (χ4v) is 4.41. The molecule has 0 saturated carbocycles. The number of anilines is 2. The van der Waals surface area contributed by atoms with Crippen LogP contribution in [0.15, 0.2) is 72.8 Å². The molecule has 2 N–H and O–H groups in total. The highest BCUT2D eigenvalue weighted by Gasteiger charge is 2.28. The molecule has 0 radical (unpaired) electrons. The van der Waals surface area contributed by atoms with Crippen molar-refractivity contribution in [2.75, 3.05) is 23.7 Å². The number of carbonyl (C=O) groups excluding carboxylic acids is 1. The standard InChI is InChI=1S/C27H24N4O/c28-17-20-10-13-24-23(16-20)25(27(32)30-24)26(21-6-2-1-3-7-21)29-22-11-8-19(9-12-22)18-31-14-4-5-15-31/h1-3,6-13,16,29H,4-5,14-15,18H2,(H,30,32). The van der Waals surface area contributed by atoms with E-state index in [4.69, 9.17) is 0 Å². The van der Waals surface area contributed by atoms with Crippen molar-refractivity contribution in [3.8, 4) is 6.07 Å². The molecule has 0 aromatic heterocycles. The summed E-state index contributed by atoms with van der Waals surface area (Å²) in [6, 6.07) is 25.7. The maximum Gasteiger partial charge on any atom is 0.258 e. The van der Waals surface area contributed by atoms with E-state index in [1.165, 1.54) is 31.5 Å². The number of likely N-dealkylation sites (tertiary alicyclic amines) is 1. The Morgan fingerprint density at radius 2 is 1.75 bits per heavy atom. The van der Waals surface area contributed by atoms with Gasteiger partial charge in [0.05, 0.1) is 22.9 Å². The van der Waals surface area contributed by atoms with Crippen molar-refractivity contribution < 1.29 is 4.79 Å². The third kappa shape index (κ3) is 4.01. The zero-order chi connectivity index (χ0) is 21.9. The number of rotatable bonds is 5. The van der Waals surface area contributed by atoms with E-state index in [-0.39, 0.29) is 5.91 Å². The summed E-state index contributed by atoms with van der Waals surface area (Å²) >= 11 is 0. The molecule has 3 aromatic carbocycles. The molecule has 0 aliphatic carbocycles. The molecule has 3 aromatic rings. The van der Waals surface area contributed by atoms with Crippen molar-refractivity contribution in [1.29, 1.82) is 5.26 Å². The average Bonchev–Trinajstić information content (AvgIpc) is 3.45. The van der Waals surface area contributed by atoms with Crippen LogP contribution in [0.1, 0.15) is 35.1 Å². The number of benzene rings is 3. The highest BCUT2D eigenvalue weighted by atomic mass is 16.2. The molecule has 2 heterocycles. The lowest BCUT2D eigenvalue weighted by atomic mass is 9.98. The van der Waals surface area contributed by atoms with E-state index < -0.39 is 0 Å². The molecular formula is C27H24N4O. The highest BCUT2D eigenvalue weighted by molar-refractivity contribution is 6.37. The van der Waals surface area contributed by atoms with E-state index in [0.29, 0.717) is 11.1 Å². The summed E-state index contributed by atoms with van der Waals surface area (Å²) in [5.41, 5.74) is 6.37. The van der Waals surface area contributed by atoms with Crippen molar-refractivity contribution in [1.82, 2.24) is 4.90 Å². The molecule has 1 saturated heterocycles. The lowest BCUT2D eigenvalue weighted by Gasteiger charge is -2.17. The summed E-state index contributed by atoms with van der Waals surface area (Å²) in [6.07, 6.45) is 2.56. The Morgan fingerprint density at radius 3 is 2.47 bits per heavy atom. The first-order chi connectivity index (χ1) is 15.7. The number of nitrogens with one attached hydrogen (secondary N) is 2. The number of carbonyl (C=O) groups is 1. The normalized spacial score (nSPS) is 16.9. The van der Waals surface area contributed by atoms with Gasteiger partial charge < -0.3 is 10.6 Å². The van der Waals surface area contributed by atoms with Gasteiger partial charge in [-0.2, -0.15) is 5.26 Å². The highest BCUT2D eigenvalue weighted by Crippen LogP contribution is 2.38. The number of hydrogen-bond donors (Lipinski definition) is 2. The molecule has 5 nitrogen and oxygen atoms in total. The zero-order valence-electron chi connectivity index (χ0n) is 17.8. The van der Waals surface area contributed by atoms with Crippen LogP contribution in [-0.2, 0) is 11.3 Å². The third-order valence-electron chi connectivity index (χ3n) is 6.03.